The number of halogens is 1. The third kappa shape index (κ3) is 4.38. The third-order valence-corrected chi connectivity index (χ3v) is 3.26. The van der Waals surface area contributed by atoms with Crippen LogP contribution in [0.5, 0.6) is 5.75 Å². The minimum atomic E-state index is -1.58. The van der Waals surface area contributed by atoms with Crippen LogP contribution in [-0.2, 0) is 19.1 Å². The number of benzene rings is 1. The van der Waals surface area contributed by atoms with Gasteiger partial charge in [-0.15, -0.1) is 0 Å². The molecule has 0 aromatic heterocycles. The van der Waals surface area contributed by atoms with Crippen LogP contribution in [0.1, 0.15) is 11.5 Å². The first-order chi connectivity index (χ1) is 10.8. The van der Waals surface area contributed by atoms with E-state index in [0.29, 0.717) is 0 Å². The third-order valence-electron chi connectivity index (χ3n) is 3.26. The molecule has 0 saturated heterocycles. The van der Waals surface area contributed by atoms with Gasteiger partial charge >= 0.3 is 11.9 Å². The van der Waals surface area contributed by atoms with Crippen molar-refractivity contribution in [2.45, 2.75) is 5.92 Å². The van der Waals surface area contributed by atoms with Crippen molar-refractivity contribution in [1.29, 1.82) is 0 Å². The topological polar surface area (TPSA) is 105 Å². The van der Waals surface area contributed by atoms with Gasteiger partial charge in [-0.3, -0.25) is 19.7 Å². The van der Waals surface area contributed by atoms with E-state index in [1.165, 1.54) is 19.2 Å². The number of carbonyl (C=O) groups is 2. The second kappa shape index (κ2) is 8.06. The van der Waals surface area contributed by atoms with Crippen LogP contribution in [0.25, 0.3) is 0 Å². The fourth-order valence-electron chi connectivity index (χ4n) is 2.16. The monoisotopic (exact) mass is 329 g/mol. The van der Waals surface area contributed by atoms with E-state index in [9.17, 15) is 24.1 Å². The molecular weight excluding hydrogens is 313 g/mol. The normalized spacial score (nSPS) is 11.7. The summed E-state index contributed by atoms with van der Waals surface area (Å²) in [6, 6.07) is 3.57. The molecule has 0 spiro atoms. The summed E-state index contributed by atoms with van der Waals surface area (Å²) in [5, 5.41) is 10.9. The largest absolute Gasteiger partial charge is 0.494 e. The molecule has 1 aromatic carbocycles. The lowest BCUT2D eigenvalue weighted by Crippen LogP contribution is -2.35. The van der Waals surface area contributed by atoms with Gasteiger partial charge in [0.1, 0.15) is 0 Å². The van der Waals surface area contributed by atoms with Crippen LogP contribution in [0.15, 0.2) is 18.2 Å². The number of nitro groups is 1. The van der Waals surface area contributed by atoms with Crippen molar-refractivity contribution in [1.82, 2.24) is 0 Å². The molecule has 126 valence electrons. The van der Waals surface area contributed by atoms with E-state index < -0.39 is 41.1 Å². The Morgan fingerprint density at radius 2 is 1.78 bits per heavy atom. The predicted molar refractivity (Wildman–Crippen MR) is 75.1 cm³/mol. The molecular formula is C14H16FNO7. The molecule has 23 heavy (non-hydrogen) atoms. The highest BCUT2D eigenvalue weighted by Crippen LogP contribution is 2.30. The highest BCUT2D eigenvalue weighted by Gasteiger charge is 2.41. The number of hydrogen-bond donors (Lipinski definition) is 0. The first-order valence-corrected chi connectivity index (χ1v) is 6.46. The quantitative estimate of drug-likeness (QED) is 0.320. The Balaban J connectivity index is 3.35. The van der Waals surface area contributed by atoms with Crippen LogP contribution in [0.4, 0.5) is 4.39 Å². The Morgan fingerprint density at radius 1 is 1.22 bits per heavy atom. The molecule has 0 aliphatic heterocycles. The second-order valence-corrected chi connectivity index (χ2v) is 4.54. The number of carbonyl (C=O) groups excluding carboxylic acids is 2. The van der Waals surface area contributed by atoms with Gasteiger partial charge in [-0.1, -0.05) is 6.07 Å². The number of methoxy groups -OCH3 is 3. The SMILES string of the molecule is COC(=O)C(C(=O)OC)[C@@H](C[N+](=O)[O-])c1ccc(OC)c(F)c1. The van der Waals surface area contributed by atoms with Crippen LogP contribution in [0, 0.1) is 21.8 Å². The van der Waals surface area contributed by atoms with Crippen LogP contribution >= 0.6 is 0 Å². The van der Waals surface area contributed by atoms with Gasteiger partial charge in [-0.2, -0.15) is 0 Å². The summed E-state index contributed by atoms with van der Waals surface area (Å²) in [6.07, 6.45) is 0. The summed E-state index contributed by atoms with van der Waals surface area (Å²) in [5.41, 5.74) is 0.0841. The van der Waals surface area contributed by atoms with Gasteiger partial charge in [0.15, 0.2) is 17.5 Å². The lowest BCUT2D eigenvalue weighted by molar-refractivity contribution is -0.484. The molecule has 0 saturated carbocycles. The van der Waals surface area contributed by atoms with Gasteiger partial charge in [0.2, 0.25) is 6.54 Å². The van der Waals surface area contributed by atoms with Crippen molar-refractivity contribution < 1.29 is 33.1 Å². The molecule has 0 bridgehead atoms. The van der Waals surface area contributed by atoms with E-state index in [-0.39, 0.29) is 11.3 Å². The zero-order valence-corrected chi connectivity index (χ0v) is 12.8. The molecule has 0 aliphatic rings. The van der Waals surface area contributed by atoms with Crippen LogP contribution < -0.4 is 4.74 Å². The zero-order valence-electron chi connectivity index (χ0n) is 12.8. The number of hydrogen-bond acceptors (Lipinski definition) is 7. The Bertz CT molecular complexity index is 589. The standard InChI is InChI=1S/C14H16FNO7/c1-21-11-5-4-8(6-10(11)15)9(7-16(19)20)12(13(17)22-2)14(18)23-3/h4-6,9,12H,7H2,1-3H3/t9-/m0/s1. The molecule has 0 aliphatic carbocycles. The van der Waals surface area contributed by atoms with Crippen molar-refractivity contribution in [3.63, 3.8) is 0 Å². The van der Waals surface area contributed by atoms with E-state index >= 15 is 0 Å². The molecule has 0 fully saturated rings. The molecule has 0 heterocycles. The minimum absolute atomic E-state index is 0.0683. The van der Waals surface area contributed by atoms with E-state index in [2.05, 4.69) is 9.47 Å². The van der Waals surface area contributed by atoms with Gasteiger partial charge in [-0.05, 0) is 17.7 Å². The first-order valence-electron chi connectivity index (χ1n) is 6.46. The van der Waals surface area contributed by atoms with Crippen molar-refractivity contribution in [3.8, 4) is 5.75 Å². The van der Waals surface area contributed by atoms with Crippen LogP contribution in [0.3, 0.4) is 0 Å². The average molecular weight is 329 g/mol. The fraction of sp³-hybridized carbons (Fsp3) is 0.429. The van der Waals surface area contributed by atoms with E-state index in [0.717, 1.165) is 20.3 Å². The molecule has 0 amide bonds. The van der Waals surface area contributed by atoms with Gasteiger partial charge < -0.3 is 14.2 Å². The summed E-state index contributed by atoms with van der Waals surface area (Å²) in [7, 11) is 3.34. The second-order valence-electron chi connectivity index (χ2n) is 4.54. The highest BCUT2D eigenvalue weighted by atomic mass is 19.1. The maximum Gasteiger partial charge on any atom is 0.320 e. The number of ether oxygens (including phenoxy) is 3. The van der Waals surface area contributed by atoms with E-state index in [1.807, 2.05) is 0 Å². The van der Waals surface area contributed by atoms with Crippen molar-refractivity contribution >= 4 is 11.9 Å². The van der Waals surface area contributed by atoms with E-state index in [1.54, 1.807) is 0 Å². The zero-order chi connectivity index (χ0) is 17.6. The Hall–Kier alpha value is -2.71. The summed E-state index contributed by atoms with van der Waals surface area (Å²) >= 11 is 0. The minimum Gasteiger partial charge on any atom is -0.494 e. The molecule has 0 unspecified atom stereocenters. The number of nitrogens with zero attached hydrogens (tertiary/aromatic N) is 1. The van der Waals surface area contributed by atoms with Crippen molar-refractivity contribution in [2.24, 2.45) is 5.92 Å². The molecule has 9 heteroatoms. The average Bonchev–Trinajstić information content (AvgIpc) is 2.53. The highest BCUT2D eigenvalue weighted by molar-refractivity contribution is 5.96. The maximum atomic E-state index is 13.9. The number of rotatable bonds is 7. The lowest BCUT2D eigenvalue weighted by atomic mass is 9.85. The van der Waals surface area contributed by atoms with E-state index in [4.69, 9.17) is 4.74 Å². The van der Waals surface area contributed by atoms with Crippen LogP contribution in [-0.4, -0.2) is 44.7 Å². The Labute approximate surface area is 131 Å². The van der Waals surface area contributed by atoms with Gasteiger partial charge in [-0.25, -0.2) is 4.39 Å². The summed E-state index contributed by atoms with van der Waals surface area (Å²) in [5.74, 6) is -5.67. The van der Waals surface area contributed by atoms with Gasteiger partial charge in [0.25, 0.3) is 0 Å². The lowest BCUT2D eigenvalue weighted by Gasteiger charge is -2.21. The van der Waals surface area contributed by atoms with Crippen molar-refractivity contribution in [3.05, 3.63) is 39.7 Å². The fourth-order valence-corrected chi connectivity index (χ4v) is 2.16. The molecule has 1 aromatic rings. The van der Waals surface area contributed by atoms with Crippen molar-refractivity contribution in [2.75, 3.05) is 27.9 Å². The summed E-state index contributed by atoms with van der Waals surface area (Å²) in [6.45, 7) is -0.777. The summed E-state index contributed by atoms with van der Waals surface area (Å²) < 4.78 is 27.6. The first kappa shape index (κ1) is 18.3. The number of esters is 2. The Morgan fingerprint density at radius 3 is 2.17 bits per heavy atom. The van der Waals surface area contributed by atoms with Gasteiger partial charge in [0, 0.05) is 4.92 Å². The van der Waals surface area contributed by atoms with Crippen LogP contribution in [0.2, 0.25) is 0 Å². The molecule has 8 nitrogen and oxygen atoms in total. The summed E-state index contributed by atoms with van der Waals surface area (Å²) in [4.78, 5) is 33.9. The molecule has 0 N–H and O–H groups in total. The Kier molecular flexibility index (Phi) is 6.43. The smallest absolute Gasteiger partial charge is 0.320 e. The molecule has 0 radical (unpaired) electrons. The molecule has 1 atom stereocenters. The predicted octanol–water partition coefficient (Wildman–Crippen LogP) is 1.16. The molecule has 1 rings (SSSR count). The maximum absolute atomic E-state index is 13.9. The van der Waals surface area contributed by atoms with Gasteiger partial charge in [0.05, 0.1) is 27.2 Å².